The van der Waals surface area contributed by atoms with Crippen molar-refractivity contribution in [2.45, 2.75) is 13.0 Å². The van der Waals surface area contributed by atoms with E-state index in [0.29, 0.717) is 18.3 Å². The van der Waals surface area contributed by atoms with Gasteiger partial charge in [-0.05, 0) is 18.5 Å². The van der Waals surface area contributed by atoms with E-state index < -0.39 is 6.10 Å². The molecule has 94 valence electrons. The number of aliphatic hydroxyl groups excluding tert-OH is 1. The zero-order chi connectivity index (χ0) is 13.0. The quantitative estimate of drug-likeness (QED) is 0.884. The van der Waals surface area contributed by atoms with Crippen LogP contribution in [0.3, 0.4) is 0 Å². The number of nitrogens with zero attached hydrogens (tertiary/aromatic N) is 3. The van der Waals surface area contributed by atoms with Gasteiger partial charge in [-0.1, -0.05) is 30.3 Å². The van der Waals surface area contributed by atoms with Crippen LogP contribution in [0.15, 0.2) is 30.3 Å². The summed E-state index contributed by atoms with van der Waals surface area (Å²) in [5, 5.41) is 12.2. The summed E-state index contributed by atoms with van der Waals surface area (Å²) in [6, 6.07) is 9.50. The number of hydrogen-bond acceptors (Lipinski definition) is 5. The van der Waals surface area contributed by atoms with E-state index in [-0.39, 0.29) is 5.28 Å². The molecule has 6 heteroatoms. The van der Waals surface area contributed by atoms with Gasteiger partial charge in [0, 0.05) is 12.1 Å². The first kappa shape index (κ1) is 12.7. The third kappa shape index (κ3) is 3.38. The van der Waals surface area contributed by atoms with Crippen molar-refractivity contribution in [3.63, 3.8) is 0 Å². The Kier molecular flexibility index (Phi) is 4.07. The first-order valence-corrected chi connectivity index (χ1v) is 5.92. The van der Waals surface area contributed by atoms with E-state index >= 15 is 0 Å². The Labute approximate surface area is 110 Å². The van der Waals surface area contributed by atoms with Crippen molar-refractivity contribution in [3.8, 4) is 11.4 Å². The van der Waals surface area contributed by atoms with Crippen molar-refractivity contribution in [2.75, 3.05) is 11.9 Å². The molecule has 0 spiro atoms. The summed E-state index contributed by atoms with van der Waals surface area (Å²) < 4.78 is 0. The van der Waals surface area contributed by atoms with Gasteiger partial charge in [-0.2, -0.15) is 15.0 Å². The van der Waals surface area contributed by atoms with Crippen LogP contribution in [0.5, 0.6) is 0 Å². The molecule has 0 aliphatic carbocycles. The highest BCUT2D eigenvalue weighted by molar-refractivity contribution is 6.28. The van der Waals surface area contributed by atoms with Crippen LogP contribution in [0.4, 0.5) is 5.95 Å². The van der Waals surface area contributed by atoms with Crippen LogP contribution in [-0.2, 0) is 0 Å². The number of halogens is 1. The minimum absolute atomic E-state index is 0.122. The maximum atomic E-state index is 9.20. The molecule has 2 aromatic rings. The van der Waals surface area contributed by atoms with Gasteiger partial charge in [0.2, 0.25) is 11.2 Å². The molecule has 1 aromatic carbocycles. The second kappa shape index (κ2) is 5.75. The topological polar surface area (TPSA) is 70.9 Å². The summed E-state index contributed by atoms with van der Waals surface area (Å²) >= 11 is 5.85. The Balaban J connectivity index is 2.27. The molecule has 2 N–H and O–H groups in total. The second-order valence-corrected chi connectivity index (χ2v) is 4.19. The normalized spacial score (nSPS) is 12.2. The predicted molar refractivity (Wildman–Crippen MR) is 70.4 cm³/mol. The SMILES string of the molecule is CC(O)CNc1nc(Cl)nc(-c2ccccc2)n1. The van der Waals surface area contributed by atoms with E-state index in [1.807, 2.05) is 30.3 Å². The molecule has 0 saturated heterocycles. The van der Waals surface area contributed by atoms with Gasteiger partial charge < -0.3 is 10.4 Å². The second-order valence-electron chi connectivity index (χ2n) is 3.85. The fourth-order valence-corrected chi connectivity index (χ4v) is 1.54. The fourth-order valence-electron chi connectivity index (χ4n) is 1.38. The van der Waals surface area contributed by atoms with E-state index in [4.69, 9.17) is 11.6 Å². The van der Waals surface area contributed by atoms with Crippen molar-refractivity contribution >= 4 is 17.5 Å². The van der Waals surface area contributed by atoms with Gasteiger partial charge in [0.05, 0.1) is 6.10 Å². The molecule has 0 aliphatic rings. The standard InChI is InChI=1S/C12H13ClN4O/c1-8(18)7-14-12-16-10(15-11(13)17-12)9-5-3-2-4-6-9/h2-6,8,18H,7H2,1H3,(H,14,15,16,17). The van der Waals surface area contributed by atoms with Crippen molar-refractivity contribution in [2.24, 2.45) is 0 Å². The zero-order valence-electron chi connectivity index (χ0n) is 9.84. The number of aliphatic hydroxyl groups is 1. The van der Waals surface area contributed by atoms with Gasteiger partial charge >= 0.3 is 0 Å². The minimum Gasteiger partial charge on any atom is -0.392 e. The molecule has 1 atom stereocenters. The highest BCUT2D eigenvalue weighted by Gasteiger charge is 2.07. The van der Waals surface area contributed by atoms with Crippen molar-refractivity contribution in [1.29, 1.82) is 0 Å². The monoisotopic (exact) mass is 264 g/mol. The number of rotatable bonds is 4. The summed E-state index contributed by atoms with van der Waals surface area (Å²) in [4.78, 5) is 12.3. The molecule has 0 amide bonds. The van der Waals surface area contributed by atoms with Crippen LogP contribution in [0.2, 0.25) is 5.28 Å². The van der Waals surface area contributed by atoms with Gasteiger partial charge in [-0.25, -0.2) is 0 Å². The third-order valence-corrected chi connectivity index (χ3v) is 2.36. The summed E-state index contributed by atoms with van der Waals surface area (Å²) in [5.74, 6) is 0.860. The summed E-state index contributed by atoms with van der Waals surface area (Å²) in [7, 11) is 0. The van der Waals surface area contributed by atoms with Crippen LogP contribution in [-0.4, -0.2) is 32.7 Å². The van der Waals surface area contributed by atoms with E-state index in [1.54, 1.807) is 6.92 Å². The minimum atomic E-state index is -0.485. The first-order chi connectivity index (χ1) is 8.65. The van der Waals surface area contributed by atoms with Gasteiger partial charge in [-0.15, -0.1) is 0 Å². The molecule has 5 nitrogen and oxygen atoms in total. The Hall–Kier alpha value is -1.72. The van der Waals surface area contributed by atoms with Crippen LogP contribution < -0.4 is 5.32 Å². The molecular formula is C12H13ClN4O. The predicted octanol–water partition coefficient (Wildman–Crippen LogP) is 1.98. The maximum Gasteiger partial charge on any atom is 0.227 e. The summed E-state index contributed by atoms with van der Waals surface area (Å²) in [6.07, 6.45) is -0.485. The van der Waals surface area contributed by atoms with E-state index in [1.165, 1.54) is 0 Å². The lowest BCUT2D eigenvalue weighted by atomic mass is 10.2. The number of nitrogens with one attached hydrogen (secondary N) is 1. The summed E-state index contributed by atoms with van der Waals surface area (Å²) in [6.45, 7) is 2.03. The molecular weight excluding hydrogens is 252 g/mol. The average Bonchev–Trinajstić information content (AvgIpc) is 2.37. The van der Waals surface area contributed by atoms with E-state index in [0.717, 1.165) is 5.56 Å². The first-order valence-electron chi connectivity index (χ1n) is 5.54. The average molecular weight is 265 g/mol. The van der Waals surface area contributed by atoms with Gasteiger partial charge in [-0.3, -0.25) is 0 Å². The molecule has 0 aliphatic heterocycles. The van der Waals surface area contributed by atoms with Crippen molar-refractivity contribution < 1.29 is 5.11 Å². The van der Waals surface area contributed by atoms with Crippen LogP contribution in [0.25, 0.3) is 11.4 Å². The Morgan fingerprint density at radius 2 is 1.94 bits per heavy atom. The zero-order valence-corrected chi connectivity index (χ0v) is 10.6. The molecule has 18 heavy (non-hydrogen) atoms. The molecule has 0 saturated carbocycles. The lowest BCUT2D eigenvalue weighted by Gasteiger charge is -2.08. The van der Waals surface area contributed by atoms with Gasteiger partial charge in [0.1, 0.15) is 0 Å². The van der Waals surface area contributed by atoms with E-state index in [9.17, 15) is 5.11 Å². The highest BCUT2D eigenvalue weighted by Crippen LogP contribution is 2.17. The van der Waals surface area contributed by atoms with E-state index in [2.05, 4.69) is 20.3 Å². The lowest BCUT2D eigenvalue weighted by Crippen LogP contribution is -2.17. The molecule has 0 radical (unpaired) electrons. The smallest absolute Gasteiger partial charge is 0.227 e. The molecule has 0 fully saturated rings. The Bertz CT molecular complexity index is 519. The van der Waals surface area contributed by atoms with Crippen LogP contribution in [0, 0.1) is 0 Å². The number of anilines is 1. The largest absolute Gasteiger partial charge is 0.392 e. The van der Waals surface area contributed by atoms with Crippen molar-refractivity contribution in [1.82, 2.24) is 15.0 Å². The van der Waals surface area contributed by atoms with Crippen molar-refractivity contribution in [3.05, 3.63) is 35.6 Å². The fraction of sp³-hybridized carbons (Fsp3) is 0.250. The number of hydrogen-bond donors (Lipinski definition) is 2. The Morgan fingerprint density at radius 1 is 1.22 bits per heavy atom. The highest BCUT2D eigenvalue weighted by atomic mass is 35.5. The lowest BCUT2D eigenvalue weighted by molar-refractivity contribution is 0.208. The van der Waals surface area contributed by atoms with Crippen LogP contribution in [0.1, 0.15) is 6.92 Å². The molecule has 0 bridgehead atoms. The number of aromatic nitrogens is 3. The molecule has 1 aromatic heterocycles. The molecule has 2 rings (SSSR count). The third-order valence-electron chi connectivity index (χ3n) is 2.20. The van der Waals surface area contributed by atoms with Gasteiger partial charge in [0.15, 0.2) is 5.82 Å². The Morgan fingerprint density at radius 3 is 2.61 bits per heavy atom. The van der Waals surface area contributed by atoms with Crippen LogP contribution >= 0.6 is 11.6 Å². The molecule has 1 heterocycles. The number of benzene rings is 1. The molecule has 1 unspecified atom stereocenters. The maximum absolute atomic E-state index is 9.20. The summed E-state index contributed by atoms with van der Waals surface area (Å²) in [5.41, 5.74) is 0.863. The van der Waals surface area contributed by atoms with Gasteiger partial charge in [0.25, 0.3) is 0 Å².